The van der Waals surface area contributed by atoms with E-state index >= 15 is 0 Å². The summed E-state index contributed by atoms with van der Waals surface area (Å²) in [4.78, 5) is 27.7. The van der Waals surface area contributed by atoms with Crippen LogP contribution < -0.4 is 20.4 Å². The van der Waals surface area contributed by atoms with Gasteiger partial charge in [0.25, 0.3) is 0 Å². The molecule has 9 nitrogen and oxygen atoms in total. The zero-order valence-corrected chi connectivity index (χ0v) is 32.1. The van der Waals surface area contributed by atoms with Crippen molar-refractivity contribution in [3.05, 3.63) is 141 Å². The number of anilines is 6. The molecule has 2 aliphatic heterocycles. The molecule has 1 saturated carbocycles. The lowest BCUT2D eigenvalue weighted by molar-refractivity contribution is 0.0118. The van der Waals surface area contributed by atoms with Crippen molar-refractivity contribution >= 4 is 73.8 Å². The Hall–Kier alpha value is -5.57. The minimum absolute atomic E-state index is 0.256. The van der Waals surface area contributed by atoms with E-state index in [2.05, 4.69) is 26.6 Å². The monoisotopic (exact) mass is 807 g/mol. The van der Waals surface area contributed by atoms with Gasteiger partial charge < -0.3 is 20.1 Å². The quantitative estimate of drug-likeness (QED) is 0.182. The minimum Gasteiger partial charge on any atom is -0.438 e. The van der Waals surface area contributed by atoms with Crippen LogP contribution >= 0.6 is 27.5 Å². The van der Waals surface area contributed by atoms with Gasteiger partial charge in [0.2, 0.25) is 0 Å². The lowest BCUT2D eigenvalue weighted by Gasteiger charge is -2.39. The number of hydrogen-bond acceptors (Lipinski definition) is 7. The first-order chi connectivity index (χ1) is 25.9. The predicted octanol–water partition coefficient (Wildman–Crippen LogP) is 11.5. The van der Waals surface area contributed by atoms with E-state index in [0.717, 1.165) is 75.3 Å². The molecule has 5 aromatic rings. The van der Waals surface area contributed by atoms with Gasteiger partial charge in [0.05, 0.1) is 23.0 Å². The number of nitrogens with one attached hydrogen (secondary N) is 2. The maximum atomic E-state index is 13.7. The Balaban J connectivity index is 0.000000167. The highest BCUT2D eigenvalue weighted by Crippen LogP contribution is 2.50. The molecule has 2 N–H and O–H groups in total. The third-order valence-electron chi connectivity index (χ3n) is 10.1. The van der Waals surface area contributed by atoms with Gasteiger partial charge in [0.15, 0.2) is 5.60 Å². The van der Waals surface area contributed by atoms with Crippen molar-refractivity contribution in [2.45, 2.75) is 43.8 Å². The first kappa shape index (κ1) is 36.8. The molecular weight excluding hydrogens is 773 g/mol. The second kappa shape index (κ2) is 14.7. The van der Waals surface area contributed by atoms with Gasteiger partial charge >= 0.3 is 12.2 Å². The topological polar surface area (TPSA) is 107 Å². The van der Waals surface area contributed by atoms with Gasteiger partial charge in [0, 0.05) is 63.0 Å². The van der Waals surface area contributed by atoms with E-state index in [1.165, 1.54) is 21.9 Å². The van der Waals surface area contributed by atoms with Crippen LogP contribution in [0.15, 0.2) is 108 Å². The van der Waals surface area contributed by atoms with Gasteiger partial charge in [0.1, 0.15) is 11.4 Å². The smallest absolute Gasteiger partial charge is 0.415 e. The van der Waals surface area contributed by atoms with Crippen LogP contribution in [-0.2, 0) is 20.7 Å². The molecule has 54 heavy (non-hydrogen) atoms. The fourth-order valence-corrected chi connectivity index (χ4v) is 7.63. The molecule has 1 fully saturated rings. The Morgan fingerprint density at radius 2 is 1.30 bits per heavy atom. The number of nitriles is 1. The van der Waals surface area contributed by atoms with Crippen molar-refractivity contribution in [1.82, 2.24) is 0 Å². The van der Waals surface area contributed by atoms with E-state index in [1.807, 2.05) is 85.8 Å². The number of benzene rings is 5. The van der Waals surface area contributed by atoms with Crippen LogP contribution in [0.25, 0.3) is 0 Å². The number of hydrogen-bond donors (Lipinski definition) is 2. The maximum Gasteiger partial charge on any atom is 0.415 e. The third-order valence-corrected chi connectivity index (χ3v) is 10.9. The fraction of sp³-hybridized carbons (Fsp3) is 0.214. The summed E-state index contributed by atoms with van der Waals surface area (Å²) >= 11 is 9.49. The van der Waals surface area contributed by atoms with Crippen molar-refractivity contribution in [2.75, 3.05) is 34.5 Å². The Bertz CT molecular complexity index is 2290. The van der Waals surface area contributed by atoms with Crippen molar-refractivity contribution in [3.63, 3.8) is 0 Å². The highest BCUT2D eigenvalue weighted by molar-refractivity contribution is 9.10. The Kier molecular flexibility index (Phi) is 10.0. The molecule has 0 saturated heterocycles. The fourth-order valence-electron chi connectivity index (χ4n) is 7.24. The molecular formula is C42H36BrClFN5O4. The number of halogens is 3. The zero-order valence-electron chi connectivity index (χ0n) is 29.8. The summed E-state index contributed by atoms with van der Waals surface area (Å²) in [6, 6.07) is 33.0. The summed E-state index contributed by atoms with van der Waals surface area (Å²) in [5, 5.41) is 16.2. The number of rotatable bonds is 5. The molecule has 0 radical (unpaired) electrons. The minimum atomic E-state index is -0.916. The molecule has 1 atom stereocenters. The SMILES string of the molecule is CN1C(=O)OC(C)(c2ccc(Cl)cc2)c2cc(Nc3ccc(Br)cc3)ccc21.CN1C(=O)OC2(CCCC2)c2cc(Nc3cc(F)cc(C#N)c3)ccc21. The molecule has 8 rings (SSSR count). The number of cyclic esters (lactones) is 1. The summed E-state index contributed by atoms with van der Waals surface area (Å²) in [6.45, 7) is 1.91. The van der Waals surface area contributed by atoms with Crippen LogP contribution in [0, 0.1) is 17.1 Å². The van der Waals surface area contributed by atoms with E-state index < -0.39 is 23.1 Å². The molecule has 5 aromatic carbocycles. The molecule has 1 spiro atoms. The van der Waals surface area contributed by atoms with Crippen LogP contribution in [0.3, 0.4) is 0 Å². The Labute approximate surface area is 326 Å². The van der Waals surface area contributed by atoms with E-state index in [9.17, 15) is 14.0 Å². The molecule has 274 valence electrons. The predicted molar refractivity (Wildman–Crippen MR) is 213 cm³/mol. The summed E-state index contributed by atoms with van der Waals surface area (Å²) in [5.74, 6) is -0.467. The molecule has 1 aliphatic carbocycles. The van der Waals surface area contributed by atoms with Gasteiger partial charge in [-0.15, -0.1) is 0 Å². The second-order valence-corrected chi connectivity index (χ2v) is 15.0. The molecule has 1 unspecified atom stereocenters. The summed E-state index contributed by atoms with van der Waals surface area (Å²) in [7, 11) is 3.41. The van der Waals surface area contributed by atoms with Crippen molar-refractivity contribution in [1.29, 1.82) is 5.26 Å². The van der Waals surface area contributed by atoms with Crippen LogP contribution in [0.4, 0.5) is 48.1 Å². The summed E-state index contributed by atoms with van der Waals surface area (Å²) in [5.41, 5.74) is 6.30. The van der Waals surface area contributed by atoms with Gasteiger partial charge in [-0.3, -0.25) is 9.80 Å². The summed E-state index contributed by atoms with van der Waals surface area (Å²) in [6.07, 6.45) is 2.93. The normalized spacial score (nSPS) is 18.0. The largest absolute Gasteiger partial charge is 0.438 e. The van der Waals surface area contributed by atoms with E-state index in [0.29, 0.717) is 10.7 Å². The van der Waals surface area contributed by atoms with Crippen LogP contribution in [0.2, 0.25) is 5.02 Å². The average Bonchev–Trinajstić information content (AvgIpc) is 3.63. The molecule has 3 aliphatic rings. The van der Waals surface area contributed by atoms with Crippen molar-refractivity contribution in [2.24, 2.45) is 0 Å². The first-order valence-corrected chi connectivity index (χ1v) is 18.5. The molecule has 2 heterocycles. The van der Waals surface area contributed by atoms with Crippen molar-refractivity contribution in [3.8, 4) is 6.07 Å². The van der Waals surface area contributed by atoms with Crippen LogP contribution in [0.1, 0.15) is 54.9 Å². The Morgan fingerprint density at radius 1 is 0.741 bits per heavy atom. The lowest BCUT2D eigenvalue weighted by atomic mass is 9.85. The first-order valence-electron chi connectivity index (χ1n) is 17.4. The zero-order chi connectivity index (χ0) is 38.2. The maximum absolute atomic E-state index is 13.7. The van der Waals surface area contributed by atoms with Gasteiger partial charge in [-0.05, 0) is 124 Å². The number of carbonyl (C=O) groups excluding carboxylic acids is 2. The van der Waals surface area contributed by atoms with Gasteiger partial charge in [-0.2, -0.15) is 5.26 Å². The van der Waals surface area contributed by atoms with Gasteiger partial charge in [-0.25, -0.2) is 14.0 Å². The highest BCUT2D eigenvalue weighted by Gasteiger charge is 2.46. The summed E-state index contributed by atoms with van der Waals surface area (Å²) < 4.78 is 26.4. The standard InChI is InChI=1S/C22H18BrClN2O2.C20H18FN3O2/c1-22(14-3-7-16(24)8-4-14)19-13-18(25-17-9-5-15(23)6-10-17)11-12-20(19)26(2)21(27)28-22;1-24-18-5-4-15(23-16-9-13(12-22)8-14(21)10-16)11-17(18)20(26-19(24)25)6-2-3-7-20/h3-13,25H,1-2H3;4-5,8-11,23H,2-3,6-7H2,1H3. The van der Waals surface area contributed by atoms with Gasteiger partial charge in [-0.1, -0.05) is 39.7 Å². The van der Waals surface area contributed by atoms with Crippen LogP contribution in [-0.4, -0.2) is 26.3 Å². The van der Waals surface area contributed by atoms with Crippen LogP contribution in [0.5, 0.6) is 0 Å². The Morgan fingerprint density at radius 3 is 1.93 bits per heavy atom. The highest BCUT2D eigenvalue weighted by atomic mass is 79.9. The van der Waals surface area contributed by atoms with E-state index in [1.54, 1.807) is 32.3 Å². The number of ether oxygens (including phenoxy) is 2. The van der Waals surface area contributed by atoms with E-state index in [-0.39, 0.29) is 11.7 Å². The second-order valence-electron chi connectivity index (χ2n) is 13.7. The number of fused-ring (bicyclic) bond motifs is 3. The molecule has 0 bridgehead atoms. The van der Waals surface area contributed by atoms with Crippen molar-refractivity contribution < 1.29 is 23.5 Å². The molecule has 12 heteroatoms. The lowest BCUT2D eigenvalue weighted by Crippen LogP contribution is -2.43. The average molecular weight is 809 g/mol. The number of nitrogens with zero attached hydrogens (tertiary/aromatic N) is 3. The third kappa shape index (κ3) is 7.19. The number of carbonyl (C=O) groups is 2. The van der Waals surface area contributed by atoms with E-state index in [4.69, 9.17) is 26.3 Å². The molecule has 2 amide bonds. The number of amides is 2. The molecule has 0 aromatic heterocycles.